The second-order valence-electron chi connectivity index (χ2n) is 6.00. The first-order chi connectivity index (χ1) is 11.2. The first kappa shape index (κ1) is 14.7. The number of fused-ring (bicyclic) bond motifs is 1. The van der Waals surface area contributed by atoms with Crippen LogP contribution in [0.3, 0.4) is 0 Å². The van der Waals surface area contributed by atoms with Crippen LogP contribution in [0.2, 0.25) is 0 Å². The zero-order chi connectivity index (χ0) is 15.7. The molecule has 1 amide bonds. The van der Waals surface area contributed by atoms with E-state index in [2.05, 4.69) is 10.2 Å². The molecule has 1 N–H and O–H groups in total. The van der Waals surface area contributed by atoms with Crippen molar-refractivity contribution in [1.82, 2.24) is 4.90 Å². The molecular formula is C16H20N2O5. The molecule has 0 aromatic heterocycles. The molecule has 0 radical (unpaired) electrons. The van der Waals surface area contributed by atoms with E-state index in [4.69, 9.17) is 18.9 Å². The summed E-state index contributed by atoms with van der Waals surface area (Å²) in [6.45, 7) is 3.54. The molecule has 124 valence electrons. The number of carbonyl (C=O) groups is 1. The second-order valence-corrected chi connectivity index (χ2v) is 6.00. The maximum absolute atomic E-state index is 12.2. The normalized spacial score (nSPS) is 22.4. The van der Waals surface area contributed by atoms with Crippen molar-refractivity contribution in [3.8, 4) is 11.5 Å². The molecule has 0 aliphatic carbocycles. The largest absolute Gasteiger partial charge is 0.454 e. The Morgan fingerprint density at radius 3 is 2.65 bits per heavy atom. The van der Waals surface area contributed by atoms with Crippen molar-refractivity contribution >= 4 is 11.6 Å². The number of amides is 1. The Labute approximate surface area is 134 Å². The van der Waals surface area contributed by atoms with Crippen LogP contribution in [-0.2, 0) is 14.3 Å². The van der Waals surface area contributed by atoms with Gasteiger partial charge in [-0.25, -0.2) is 0 Å². The number of anilines is 1. The van der Waals surface area contributed by atoms with E-state index in [1.807, 2.05) is 6.07 Å². The predicted molar refractivity (Wildman–Crippen MR) is 81.5 cm³/mol. The Morgan fingerprint density at radius 2 is 1.87 bits per heavy atom. The van der Waals surface area contributed by atoms with Gasteiger partial charge in [0.15, 0.2) is 17.3 Å². The lowest BCUT2D eigenvalue weighted by Gasteiger charge is -2.37. The van der Waals surface area contributed by atoms with Gasteiger partial charge >= 0.3 is 0 Å². The molecule has 1 aromatic rings. The minimum absolute atomic E-state index is 0.0342. The van der Waals surface area contributed by atoms with E-state index >= 15 is 0 Å². The van der Waals surface area contributed by atoms with Gasteiger partial charge in [-0.05, 0) is 12.1 Å². The zero-order valence-corrected chi connectivity index (χ0v) is 12.9. The van der Waals surface area contributed by atoms with E-state index in [9.17, 15) is 4.79 Å². The standard InChI is InChI=1S/C16H20N2O5/c19-15(17-12-1-2-13-14(9-12)21-11-20-13)10-18-5-3-16(4-6-18)22-7-8-23-16/h1-2,9H,3-8,10-11H2,(H,17,19). The molecule has 23 heavy (non-hydrogen) atoms. The average Bonchev–Trinajstić information content (AvgIpc) is 3.19. The number of ether oxygens (including phenoxy) is 4. The Hall–Kier alpha value is -1.83. The van der Waals surface area contributed by atoms with E-state index in [1.165, 1.54) is 0 Å². The molecule has 1 spiro atoms. The molecule has 0 saturated carbocycles. The quantitative estimate of drug-likeness (QED) is 0.902. The lowest BCUT2D eigenvalue weighted by Crippen LogP contribution is -2.47. The van der Waals surface area contributed by atoms with Gasteiger partial charge < -0.3 is 24.3 Å². The van der Waals surface area contributed by atoms with Crippen molar-refractivity contribution in [2.75, 3.05) is 45.0 Å². The monoisotopic (exact) mass is 320 g/mol. The third kappa shape index (κ3) is 3.12. The Kier molecular flexibility index (Phi) is 3.84. The molecule has 7 heteroatoms. The van der Waals surface area contributed by atoms with Gasteiger partial charge in [-0.3, -0.25) is 9.69 Å². The lowest BCUT2D eigenvalue weighted by atomic mass is 10.0. The van der Waals surface area contributed by atoms with E-state index in [-0.39, 0.29) is 12.7 Å². The highest BCUT2D eigenvalue weighted by Gasteiger charge is 2.39. The number of piperidine rings is 1. The molecule has 3 heterocycles. The van der Waals surface area contributed by atoms with Gasteiger partial charge in [0.1, 0.15) is 0 Å². The van der Waals surface area contributed by atoms with Crippen LogP contribution in [0.25, 0.3) is 0 Å². The summed E-state index contributed by atoms with van der Waals surface area (Å²) in [5.41, 5.74) is 0.718. The number of nitrogens with one attached hydrogen (secondary N) is 1. The zero-order valence-electron chi connectivity index (χ0n) is 12.9. The highest BCUT2D eigenvalue weighted by Crippen LogP contribution is 2.34. The number of likely N-dealkylation sites (tertiary alicyclic amines) is 1. The van der Waals surface area contributed by atoms with Crippen LogP contribution in [0, 0.1) is 0 Å². The van der Waals surface area contributed by atoms with Gasteiger partial charge in [0.2, 0.25) is 12.7 Å². The van der Waals surface area contributed by atoms with Crippen LogP contribution in [-0.4, -0.2) is 56.2 Å². The maximum Gasteiger partial charge on any atom is 0.238 e. The van der Waals surface area contributed by atoms with Crippen LogP contribution >= 0.6 is 0 Å². The maximum atomic E-state index is 12.2. The molecule has 0 bridgehead atoms. The van der Waals surface area contributed by atoms with E-state index in [1.54, 1.807) is 12.1 Å². The van der Waals surface area contributed by atoms with Crippen LogP contribution in [0.1, 0.15) is 12.8 Å². The Morgan fingerprint density at radius 1 is 1.13 bits per heavy atom. The summed E-state index contributed by atoms with van der Waals surface area (Å²) < 4.78 is 22.0. The third-order valence-corrected chi connectivity index (χ3v) is 4.45. The third-order valence-electron chi connectivity index (χ3n) is 4.45. The molecule has 1 aromatic carbocycles. The van der Waals surface area contributed by atoms with Gasteiger partial charge in [0, 0.05) is 37.7 Å². The first-order valence-electron chi connectivity index (χ1n) is 7.92. The number of nitrogens with zero attached hydrogens (tertiary/aromatic N) is 1. The van der Waals surface area contributed by atoms with E-state index < -0.39 is 5.79 Å². The summed E-state index contributed by atoms with van der Waals surface area (Å²) in [4.78, 5) is 14.3. The molecule has 3 aliphatic heterocycles. The van der Waals surface area contributed by atoms with Gasteiger partial charge in [0.05, 0.1) is 19.8 Å². The van der Waals surface area contributed by atoms with Gasteiger partial charge in [-0.2, -0.15) is 0 Å². The number of hydrogen-bond acceptors (Lipinski definition) is 6. The van der Waals surface area contributed by atoms with Crippen molar-refractivity contribution in [2.24, 2.45) is 0 Å². The summed E-state index contributed by atoms with van der Waals surface area (Å²) in [6, 6.07) is 5.40. The topological polar surface area (TPSA) is 69.3 Å². The molecule has 2 fully saturated rings. The summed E-state index contributed by atoms with van der Waals surface area (Å²) in [5.74, 6) is 0.941. The Balaban J connectivity index is 1.29. The van der Waals surface area contributed by atoms with Crippen molar-refractivity contribution < 1.29 is 23.7 Å². The lowest BCUT2D eigenvalue weighted by molar-refractivity contribution is -0.185. The van der Waals surface area contributed by atoms with E-state index in [0.717, 1.165) is 31.6 Å². The fraction of sp³-hybridized carbons (Fsp3) is 0.562. The summed E-state index contributed by atoms with van der Waals surface area (Å²) in [6.07, 6.45) is 1.62. The fourth-order valence-corrected chi connectivity index (χ4v) is 3.22. The van der Waals surface area contributed by atoms with Crippen molar-refractivity contribution in [2.45, 2.75) is 18.6 Å². The van der Waals surface area contributed by atoms with Gasteiger partial charge in [0.25, 0.3) is 0 Å². The molecule has 2 saturated heterocycles. The number of benzene rings is 1. The van der Waals surface area contributed by atoms with E-state index in [0.29, 0.717) is 31.3 Å². The predicted octanol–water partition coefficient (Wildman–Crippen LogP) is 1.19. The smallest absolute Gasteiger partial charge is 0.238 e. The second kappa shape index (κ2) is 5.99. The summed E-state index contributed by atoms with van der Waals surface area (Å²) in [5, 5.41) is 2.90. The molecule has 0 atom stereocenters. The van der Waals surface area contributed by atoms with Crippen LogP contribution in [0.4, 0.5) is 5.69 Å². The highest BCUT2D eigenvalue weighted by atomic mass is 16.7. The van der Waals surface area contributed by atoms with Crippen LogP contribution < -0.4 is 14.8 Å². The molecule has 7 nitrogen and oxygen atoms in total. The van der Waals surface area contributed by atoms with Crippen molar-refractivity contribution in [3.05, 3.63) is 18.2 Å². The van der Waals surface area contributed by atoms with Crippen LogP contribution in [0.15, 0.2) is 18.2 Å². The SMILES string of the molecule is O=C(CN1CCC2(CC1)OCCO2)Nc1ccc2c(c1)OCO2. The van der Waals surface area contributed by atoms with Crippen molar-refractivity contribution in [3.63, 3.8) is 0 Å². The minimum Gasteiger partial charge on any atom is -0.454 e. The molecule has 3 aliphatic rings. The fourth-order valence-electron chi connectivity index (χ4n) is 3.22. The summed E-state index contributed by atoms with van der Waals surface area (Å²) in [7, 11) is 0. The average molecular weight is 320 g/mol. The molecular weight excluding hydrogens is 300 g/mol. The number of rotatable bonds is 3. The van der Waals surface area contributed by atoms with Crippen molar-refractivity contribution in [1.29, 1.82) is 0 Å². The van der Waals surface area contributed by atoms with Gasteiger partial charge in [-0.1, -0.05) is 0 Å². The van der Waals surface area contributed by atoms with Gasteiger partial charge in [-0.15, -0.1) is 0 Å². The van der Waals surface area contributed by atoms with Crippen LogP contribution in [0.5, 0.6) is 11.5 Å². The number of carbonyl (C=O) groups excluding carboxylic acids is 1. The first-order valence-corrected chi connectivity index (χ1v) is 7.92. The molecule has 0 unspecified atom stereocenters. The molecule has 4 rings (SSSR count). The highest BCUT2D eigenvalue weighted by molar-refractivity contribution is 5.92. The Bertz CT molecular complexity index is 590. The number of hydrogen-bond donors (Lipinski definition) is 1. The minimum atomic E-state index is -0.399. The summed E-state index contributed by atoms with van der Waals surface area (Å²) >= 11 is 0.